The Labute approximate surface area is 102 Å². The Morgan fingerprint density at radius 1 is 1.18 bits per heavy atom. The van der Waals surface area contributed by atoms with E-state index < -0.39 is 0 Å². The summed E-state index contributed by atoms with van der Waals surface area (Å²) in [6, 6.07) is 7.43. The van der Waals surface area contributed by atoms with Crippen LogP contribution in [0.5, 0.6) is 5.75 Å². The molecule has 0 fully saturated rings. The lowest BCUT2D eigenvalue weighted by Crippen LogP contribution is -2.01. The molecule has 4 nitrogen and oxygen atoms in total. The third kappa shape index (κ3) is 7.36. The average molecular weight is 240 g/mol. The van der Waals surface area contributed by atoms with Crippen LogP contribution in [0.15, 0.2) is 24.3 Å². The highest BCUT2D eigenvalue weighted by molar-refractivity contribution is 5.36. The zero-order valence-corrected chi connectivity index (χ0v) is 10.6. The minimum atomic E-state index is -0.0612. The first-order chi connectivity index (χ1) is 8.36. The van der Waals surface area contributed by atoms with Crippen LogP contribution in [0.2, 0.25) is 0 Å². The molecule has 0 saturated carbocycles. The summed E-state index contributed by atoms with van der Waals surface area (Å²) >= 11 is 0. The van der Waals surface area contributed by atoms with E-state index in [0.717, 1.165) is 5.56 Å². The summed E-state index contributed by atoms with van der Waals surface area (Å²) < 4.78 is 14.8. The number of hydrogen-bond donors (Lipinski definition) is 0. The van der Waals surface area contributed by atoms with Crippen LogP contribution >= 0.6 is 0 Å². The van der Waals surface area contributed by atoms with Crippen molar-refractivity contribution in [3.63, 3.8) is 0 Å². The minimum absolute atomic E-state index is 0.0612. The average Bonchev–Trinajstić information content (AvgIpc) is 2.40. The molecule has 0 aromatic heterocycles. The fourth-order valence-electron chi connectivity index (χ4n) is 1.03. The van der Waals surface area contributed by atoms with E-state index in [2.05, 4.69) is 4.74 Å². The lowest BCUT2D eigenvalue weighted by molar-refractivity contribution is -0.134. The van der Waals surface area contributed by atoms with Crippen LogP contribution in [0.1, 0.15) is 26.3 Å². The van der Waals surface area contributed by atoms with Gasteiger partial charge in [-0.25, -0.2) is 0 Å². The quantitative estimate of drug-likeness (QED) is 0.417. The van der Waals surface area contributed by atoms with Gasteiger partial charge in [0.25, 0.3) is 6.47 Å². The predicted molar refractivity (Wildman–Crippen MR) is 65.8 cm³/mol. The summed E-state index contributed by atoms with van der Waals surface area (Å²) in [7, 11) is 0. The summed E-state index contributed by atoms with van der Waals surface area (Å²) in [5.74, 6) is 0.664. The van der Waals surface area contributed by atoms with Crippen LogP contribution in [0.3, 0.4) is 0 Å². The second-order valence-electron chi connectivity index (χ2n) is 2.81. The molecule has 0 aliphatic rings. The van der Waals surface area contributed by atoms with Crippen molar-refractivity contribution in [2.45, 2.75) is 27.4 Å². The molecular formula is C13H20O4. The van der Waals surface area contributed by atoms with Gasteiger partial charge in [-0.3, -0.25) is 4.79 Å². The molecule has 0 aliphatic carbocycles. The van der Waals surface area contributed by atoms with E-state index in [1.807, 2.05) is 45.0 Å². The van der Waals surface area contributed by atoms with Gasteiger partial charge in [0.1, 0.15) is 5.75 Å². The van der Waals surface area contributed by atoms with E-state index >= 15 is 0 Å². The highest BCUT2D eigenvalue weighted by atomic mass is 16.7. The Hall–Kier alpha value is -1.55. The fourth-order valence-corrected chi connectivity index (χ4v) is 1.03. The van der Waals surface area contributed by atoms with Gasteiger partial charge in [-0.05, 0) is 24.6 Å². The van der Waals surface area contributed by atoms with Crippen molar-refractivity contribution in [1.29, 1.82) is 0 Å². The molecule has 0 atom stereocenters. The Bertz CT molecular complexity index is 282. The van der Waals surface area contributed by atoms with Gasteiger partial charge >= 0.3 is 0 Å². The molecule has 0 unspecified atom stereocenters. The van der Waals surface area contributed by atoms with Gasteiger partial charge in [-0.15, -0.1) is 0 Å². The molecule has 0 bridgehead atoms. The molecule has 0 radical (unpaired) electrons. The van der Waals surface area contributed by atoms with Crippen molar-refractivity contribution < 1.29 is 19.0 Å². The van der Waals surface area contributed by atoms with Gasteiger partial charge in [-0.2, -0.15) is 0 Å². The first kappa shape index (κ1) is 15.4. The molecule has 4 heteroatoms. The lowest BCUT2D eigenvalue weighted by Gasteiger charge is -2.05. The fraction of sp³-hybridized carbons (Fsp3) is 0.462. The molecule has 0 spiro atoms. The van der Waals surface area contributed by atoms with Crippen LogP contribution in [0.4, 0.5) is 0 Å². The van der Waals surface area contributed by atoms with E-state index in [1.165, 1.54) is 0 Å². The number of benzene rings is 1. The van der Waals surface area contributed by atoms with E-state index in [9.17, 15) is 4.79 Å². The van der Waals surface area contributed by atoms with Gasteiger partial charge in [0.15, 0.2) is 0 Å². The number of hydrogen-bond acceptors (Lipinski definition) is 4. The largest absolute Gasteiger partial charge is 0.457 e. The van der Waals surface area contributed by atoms with Crippen molar-refractivity contribution in [2.75, 3.05) is 13.4 Å². The van der Waals surface area contributed by atoms with Gasteiger partial charge in [0.2, 0.25) is 6.79 Å². The Balaban J connectivity index is 0.00000121. The highest BCUT2D eigenvalue weighted by Gasteiger charge is 1.95. The molecule has 0 saturated heterocycles. The summed E-state index contributed by atoms with van der Waals surface area (Å²) in [5, 5.41) is 0. The normalized spacial score (nSPS) is 8.88. The molecule has 1 aromatic rings. The van der Waals surface area contributed by atoms with Crippen LogP contribution in [-0.2, 0) is 20.9 Å². The molecule has 1 aromatic carbocycles. The second kappa shape index (κ2) is 11.0. The maximum atomic E-state index is 9.85. The molecule has 96 valence electrons. The van der Waals surface area contributed by atoms with Gasteiger partial charge < -0.3 is 14.2 Å². The smallest absolute Gasteiger partial charge is 0.295 e. The Morgan fingerprint density at radius 3 is 2.35 bits per heavy atom. The second-order valence-corrected chi connectivity index (χ2v) is 2.81. The maximum Gasteiger partial charge on any atom is 0.295 e. The van der Waals surface area contributed by atoms with E-state index in [0.29, 0.717) is 25.4 Å². The molecule has 0 amide bonds. The number of ether oxygens (including phenoxy) is 3. The van der Waals surface area contributed by atoms with Crippen molar-refractivity contribution in [3.8, 4) is 5.75 Å². The van der Waals surface area contributed by atoms with E-state index in [1.54, 1.807) is 0 Å². The third-order valence-corrected chi connectivity index (χ3v) is 1.76. The topological polar surface area (TPSA) is 44.8 Å². The van der Waals surface area contributed by atoms with Crippen molar-refractivity contribution in [1.82, 2.24) is 0 Å². The zero-order valence-electron chi connectivity index (χ0n) is 10.6. The third-order valence-electron chi connectivity index (χ3n) is 1.76. The van der Waals surface area contributed by atoms with Crippen LogP contribution in [0.25, 0.3) is 0 Å². The number of carbonyl (C=O) groups is 1. The van der Waals surface area contributed by atoms with Crippen LogP contribution in [-0.4, -0.2) is 19.9 Å². The van der Waals surface area contributed by atoms with E-state index in [4.69, 9.17) is 9.47 Å². The minimum Gasteiger partial charge on any atom is -0.457 e. The summed E-state index contributed by atoms with van der Waals surface area (Å²) in [4.78, 5) is 9.85. The standard InChI is InChI=1S/C11H14O4.C2H6/c1-2-13-7-10-3-5-11(6-4-10)15-9-14-8-12;1-2/h3-6,8H,2,7,9H2,1H3;1-2H3. The van der Waals surface area contributed by atoms with Crippen molar-refractivity contribution >= 4 is 6.47 Å². The Morgan fingerprint density at radius 2 is 1.82 bits per heavy atom. The SMILES string of the molecule is CC.CCOCc1ccc(OCOC=O)cc1. The van der Waals surface area contributed by atoms with Gasteiger partial charge in [-0.1, -0.05) is 26.0 Å². The van der Waals surface area contributed by atoms with Crippen LogP contribution < -0.4 is 4.74 Å². The lowest BCUT2D eigenvalue weighted by atomic mass is 10.2. The summed E-state index contributed by atoms with van der Waals surface area (Å²) in [5.41, 5.74) is 1.08. The number of rotatable bonds is 7. The van der Waals surface area contributed by atoms with Crippen molar-refractivity contribution in [3.05, 3.63) is 29.8 Å². The molecule has 1 rings (SSSR count). The zero-order chi connectivity index (χ0) is 12.9. The molecule has 0 aliphatic heterocycles. The predicted octanol–water partition coefficient (Wildman–Crippen LogP) is 2.76. The highest BCUT2D eigenvalue weighted by Crippen LogP contribution is 2.12. The first-order valence-corrected chi connectivity index (χ1v) is 5.71. The molecule has 17 heavy (non-hydrogen) atoms. The molecule has 0 heterocycles. The number of carbonyl (C=O) groups excluding carboxylic acids is 1. The van der Waals surface area contributed by atoms with Crippen molar-refractivity contribution in [2.24, 2.45) is 0 Å². The summed E-state index contributed by atoms with van der Waals surface area (Å²) in [6.07, 6.45) is 0. The van der Waals surface area contributed by atoms with Gasteiger partial charge in [0.05, 0.1) is 6.61 Å². The maximum absolute atomic E-state index is 9.85. The molecular weight excluding hydrogens is 220 g/mol. The van der Waals surface area contributed by atoms with Crippen LogP contribution in [0, 0.1) is 0 Å². The first-order valence-electron chi connectivity index (χ1n) is 5.71. The Kier molecular flexibility index (Phi) is 9.95. The van der Waals surface area contributed by atoms with E-state index in [-0.39, 0.29) is 6.79 Å². The van der Waals surface area contributed by atoms with Gasteiger partial charge in [0, 0.05) is 6.61 Å². The molecule has 0 N–H and O–H groups in total. The monoisotopic (exact) mass is 240 g/mol. The summed E-state index contributed by atoms with van der Waals surface area (Å²) in [6.45, 7) is 7.54.